The molecule has 2 aromatic carbocycles. The maximum absolute atomic E-state index is 10.2. The Hall–Kier alpha value is -2.79. The molecule has 25 heavy (non-hydrogen) atoms. The van der Waals surface area contributed by atoms with Gasteiger partial charge in [0.2, 0.25) is 0 Å². The Kier molecular flexibility index (Phi) is 5.05. The number of rotatable bonds is 6. The van der Waals surface area contributed by atoms with Gasteiger partial charge in [0.05, 0.1) is 5.52 Å². The Balaban J connectivity index is 1.92. The van der Waals surface area contributed by atoms with Crippen LogP contribution >= 0.6 is 0 Å². The molecule has 0 fully saturated rings. The lowest BCUT2D eigenvalue weighted by Gasteiger charge is -2.19. The molecule has 0 saturated heterocycles. The molecule has 1 aromatic heterocycles. The predicted molar refractivity (Wildman–Crippen MR) is 101 cm³/mol. The molecule has 0 amide bonds. The number of hydrogen-bond donors (Lipinski definition) is 3. The molecule has 0 unspecified atom stereocenters. The van der Waals surface area contributed by atoms with Gasteiger partial charge in [-0.1, -0.05) is 13.8 Å². The van der Waals surface area contributed by atoms with E-state index in [1.54, 1.807) is 30.5 Å². The molecule has 0 saturated carbocycles. The van der Waals surface area contributed by atoms with E-state index in [-0.39, 0.29) is 5.75 Å². The fraction of sp³-hybridized carbons (Fsp3) is 0.250. The number of hydrogen-bond acceptors (Lipinski definition) is 5. The summed E-state index contributed by atoms with van der Waals surface area (Å²) in [5.74, 6) is 0.506. The van der Waals surface area contributed by atoms with Gasteiger partial charge in [0, 0.05) is 35.1 Å². The lowest BCUT2D eigenvalue weighted by molar-refractivity contribution is 0.291. The average molecular weight is 337 g/mol. The second kappa shape index (κ2) is 7.40. The second-order valence-electron chi connectivity index (χ2n) is 5.99. The normalized spacial score (nSPS) is 11.2. The van der Waals surface area contributed by atoms with Crippen LogP contribution in [-0.2, 0) is 6.54 Å². The Morgan fingerprint density at radius 3 is 2.56 bits per heavy atom. The molecule has 0 aliphatic carbocycles. The van der Waals surface area contributed by atoms with Crippen LogP contribution in [0.3, 0.4) is 0 Å². The molecule has 0 aliphatic rings. The summed E-state index contributed by atoms with van der Waals surface area (Å²) in [5.41, 5.74) is 3.44. The van der Waals surface area contributed by atoms with E-state index >= 15 is 0 Å². The Bertz CT molecular complexity index is 876. The van der Waals surface area contributed by atoms with Gasteiger partial charge >= 0.3 is 0 Å². The number of nitrogens with zero attached hydrogens (tertiary/aromatic N) is 2. The minimum absolute atomic E-state index is 0.205. The van der Waals surface area contributed by atoms with Crippen LogP contribution in [0.15, 0.2) is 48.7 Å². The van der Waals surface area contributed by atoms with Gasteiger partial charge in [0.15, 0.2) is 0 Å². The zero-order chi connectivity index (χ0) is 17.8. The first-order chi connectivity index (χ1) is 12.1. The van der Waals surface area contributed by atoms with E-state index in [1.165, 1.54) is 0 Å². The van der Waals surface area contributed by atoms with Crippen molar-refractivity contribution < 1.29 is 10.2 Å². The Morgan fingerprint density at radius 2 is 1.80 bits per heavy atom. The van der Waals surface area contributed by atoms with Crippen LogP contribution in [0.25, 0.3) is 10.9 Å². The monoisotopic (exact) mass is 337 g/mol. The summed E-state index contributed by atoms with van der Waals surface area (Å²) in [6.07, 6.45) is 1.74. The fourth-order valence-electron chi connectivity index (χ4n) is 2.88. The third-order valence-corrected chi connectivity index (χ3v) is 4.37. The standard InChI is InChI=1S/C20H23N3O2/c1-3-23(4-2)13-14-11-15(5-8-20(14)25)22-19-9-10-21-18-7-6-16(24)12-17(18)19/h5-12,24-25H,3-4,13H2,1-2H3,(H,21,22). The van der Waals surface area contributed by atoms with Gasteiger partial charge in [0.1, 0.15) is 11.5 Å². The van der Waals surface area contributed by atoms with E-state index in [1.807, 2.05) is 18.2 Å². The zero-order valence-electron chi connectivity index (χ0n) is 14.5. The van der Waals surface area contributed by atoms with Gasteiger partial charge in [-0.2, -0.15) is 0 Å². The highest BCUT2D eigenvalue weighted by Gasteiger charge is 2.09. The molecule has 3 aromatic rings. The Labute approximate surface area is 147 Å². The third-order valence-electron chi connectivity index (χ3n) is 4.37. The molecule has 3 N–H and O–H groups in total. The molecule has 0 bridgehead atoms. The molecule has 5 nitrogen and oxygen atoms in total. The van der Waals surface area contributed by atoms with E-state index in [4.69, 9.17) is 0 Å². The lowest BCUT2D eigenvalue weighted by atomic mass is 10.1. The maximum atomic E-state index is 10.2. The molecule has 0 radical (unpaired) electrons. The van der Waals surface area contributed by atoms with Gasteiger partial charge in [-0.05, 0) is 55.6 Å². The quantitative estimate of drug-likeness (QED) is 0.587. The van der Waals surface area contributed by atoms with Crippen molar-refractivity contribution in [1.29, 1.82) is 0 Å². The highest BCUT2D eigenvalue weighted by molar-refractivity contribution is 5.93. The van der Waals surface area contributed by atoms with Crippen LogP contribution < -0.4 is 5.32 Å². The van der Waals surface area contributed by atoms with Crippen LogP contribution in [0.2, 0.25) is 0 Å². The van der Waals surface area contributed by atoms with Crippen molar-refractivity contribution in [2.75, 3.05) is 18.4 Å². The molecular formula is C20H23N3O2. The minimum atomic E-state index is 0.205. The highest BCUT2D eigenvalue weighted by Crippen LogP contribution is 2.30. The number of pyridine rings is 1. The maximum Gasteiger partial charge on any atom is 0.120 e. The summed E-state index contributed by atoms with van der Waals surface area (Å²) in [4.78, 5) is 6.57. The summed E-state index contributed by atoms with van der Waals surface area (Å²) >= 11 is 0. The minimum Gasteiger partial charge on any atom is -0.508 e. The van der Waals surface area contributed by atoms with Crippen LogP contribution in [0.1, 0.15) is 19.4 Å². The van der Waals surface area contributed by atoms with Gasteiger partial charge < -0.3 is 15.5 Å². The van der Waals surface area contributed by atoms with Crippen LogP contribution in [-0.4, -0.2) is 33.2 Å². The van der Waals surface area contributed by atoms with Gasteiger partial charge in [0.25, 0.3) is 0 Å². The molecule has 1 heterocycles. The number of nitrogens with one attached hydrogen (secondary N) is 1. The highest BCUT2D eigenvalue weighted by atomic mass is 16.3. The average Bonchev–Trinajstić information content (AvgIpc) is 2.62. The van der Waals surface area contributed by atoms with Crippen molar-refractivity contribution in [3.8, 4) is 11.5 Å². The zero-order valence-corrected chi connectivity index (χ0v) is 14.5. The van der Waals surface area contributed by atoms with Crippen LogP contribution in [0.5, 0.6) is 11.5 Å². The summed E-state index contributed by atoms with van der Waals surface area (Å²) in [6.45, 7) is 6.78. The first kappa shape index (κ1) is 17.0. The van der Waals surface area contributed by atoms with E-state index in [0.29, 0.717) is 12.3 Å². The van der Waals surface area contributed by atoms with E-state index < -0.39 is 0 Å². The molecule has 0 aliphatic heterocycles. The van der Waals surface area contributed by atoms with Crippen LogP contribution in [0, 0.1) is 0 Å². The van der Waals surface area contributed by atoms with Crippen molar-refractivity contribution in [3.05, 3.63) is 54.2 Å². The van der Waals surface area contributed by atoms with Crippen molar-refractivity contribution in [3.63, 3.8) is 0 Å². The molecular weight excluding hydrogens is 314 g/mol. The molecule has 0 spiro atoms. The summed E-state index contributed by atoms with van der Waals surface area (Å²) in [6, 6.07) is 12.5. The first-order valence-electron chi connectivity index (χ1n) is 8.49. The van der Waals surface area contributed by atoms with E-state index in [0.717, 1.165) is 40.9 Å². The molecule has 3 rings (SSSR count). The smallest absolute Gasteiger partial charge is 0.120 e. The molecule has 5 heteroatoms. The van der Waals surface area contributed by atoms with Gasteiger partial charge in [-0.3, -0.25) is 9.88 Å². The molecule has 0 atom stereocenters. The topological polar surface area (TPSA) is 68.6 Å². The number of benzene rings is 2. The molecule has 130 valence electrons. The number of fused-ring (bicyclic) bond motifs is 1. The first-order valence-corrected chi connectivity index (χ1v) is 8.49. The second-order valence-corrected chi connectivity index (χ2v) is 5.99. The van der Waals surface area contributed by atoms with E-state index in [2.05, 4.69) is 29.0 Å². The van der Waals surface area contributed by atoms with Crippen molar-refractivity contribution in [2.45, 2.75) is 20.4 Å². The van der Waals surface area contributed by atoms with Crippen molar-refractivity contribution in [2.24, 2.45) is 0 Å². The SMILES string of the molecule is CCN(CC)Cc1cc(Nc2ccnc3ccc(O)cc23)ccc1O. The third kappa shape index (κ3) is 3.83. The van der Waals surface area contributed by atoms with Crippen LogP contribution in [0.4, 0.5) is 11.4 Å². The Morgan fingerprint density at radius 1 is 1.00 bits per heavy atom. The van der Waals surface area contributed by atoms with Gasteiger partial charge in [-0.25, -0.2) is 0 Å². The number of aromatic hydroxyl groups is 2. The number of aromatic nitrogens is 1. The van der Waals surface area contributed by atoms with Gasteiger partial charge in [-0.15, -0.1) is 0 Å². The van der Waals surface area contributed by atoms with Crippen molar-refractivity contribution >= 4 is 22.3 Å². The number of phenolic OH excluding ortho intramolecular Hbond substituents is 2. The predicted octanol–water partition coefficient (Wildman–Crippen LogP) is 4.23. The summed E-state index contributed by atoms with van der Waals surface area (Å²) < 4.78 is 0. The lowest BCUT2D eigenvalue weighted by Crippen LogP contribution is -2.22. The summed E-state index contributed by atoms with van der Waals surface area (Å²) in [7, 11) is 0. The number of anilines is 2. The van der Waals surface area contributed by atoms with Crippen molar-refractivity contribution in [1.82, 2.24) is 9.88 Å². The number of phenols is 2. The summed E-state index contributed by atoms with van der Waals surface area (Å²) in [5, 5.41) is 24.1. The fourth-order valence-corrected chi connectivity index (χ4v) is 2.88. The van der Waals surface area contributed by atoms with E-state index in [9.17, 15) is 10.2 Å². The largest absolute Gasteiger partial charge is 0.508 e.